The molecule has 1 aromatic heterocycles. The quantitative estimate of drug-likeness (QED) is 0.798. The van der Waals surface area contributed by atoms with E-state index in [1.54, 1.807) is 7.11 Å². The number of pyridine rings is 1. The van der Waals surface area contributed by atoms with Crippen molar-refractivity contribution >= 4 is 0 Å². The summed E-state index contributed by atoms with van der Waals surface area (Å²) in [5, 5.41) is 3.43. The maximum atomic E-state index is 5.07. The average Bonchev–Trinajstić information content (AvgIpc) is 2.95. The van der Waals surface area contributed by atoms with Crippen molar-refractivity contribution in [3.63, 3.8) is 0 Å². The van der Waals surface area contributed by atoms with Gasteiger partial charge in [0.2, 0.25) is 5.88 Å². The Hall–Kier alpha value is -1.09. The number of aromatic nitrogens is 1. The molecular formula is C12H18N2O. The molecular weight excluding hydrogens is 188 g/mol. The molecule has 3 nitrogen and oxygen atoms in total. The van der Waals surface area contributed by atoms with Crippen LogP contribution in [0.25, 0.3) is 0 Å². The van der Waals surface area contributed by atoms with Crippen molar-refractivity contribution < 1.29 is 4.74 Å². The fourth-order valence-corrected chi connectivity index (χ4v) is 1.74. The van der Waals surface area contributed by atoms with Crippen LogP contribution in [-0.2, 0) is 6.54 Å². The van der Waals surface area contributed by atoms with Crippen LogP contribution in [0.5, 0.6) is 5.88 Å². The van der Waals surface area contributed by atoms with Crippen LogP contribution in [0.2, 0.25) is 0 Å². The van der Waals surface area contributed by atoms with Crippen molar-refractivity contribution in [1.82, 2.24) is 10.3 Å². The normalized spacial score (nSPS) is 23.9. The summed E-state index contributed by atoms with van der Waals surface area (Å²) in [6.45, 7) is 4.25. The minimum absolute atomic E-state index is 0.689. The van der Waals surface area contributed by atoms with Gasteiger partial charge in [-0.3, -0.25) is 0 Å². The van der Waals surface area contributed by atoms with Crippen molar-refractivity contribution in [2.45, 2.75) is 19.9 Å². The third-order valence-electron chi connectivity index (χ3n) is 2.98. The van der Waals surface area contributed by atoms with Gasteiger partial charge < -0.3 is 10.1 Å². The summed E-state index contributed by atoms with van der Waals surface area (Å²) < 4.78 is 5.07. The van der Waals surface area contributed by atoms with Gasteiger partial charge >= 0.3 is 0 Å². The molecule has 1 aliphatic carbocycles. The number of nitrogens with zero attached hydrogens (tertiary/aromatic N) is 1. The molecule has 0 radical (unpaired) electrons. The Morgan fingerprint density at radius 3 is 3.00 bits per heavy atom. The first kappa shape index (κ1) is 10.4. The van der Waals surface area contributed by atoms with Crippen LogP contribution in [0.1, 0.15) is 19.0 Å². The summed E-state index contributed by atoms with van der Waals surface area (Å²) in [4.78, 5) is 4.34. The van der Waals surface area contributed by atoms with E-state index >= 15 is 0 Å². The minimum Gasteiger partial charge on any atom is -0.481 e. The molecule has 0 amide bonds. The zero-order valence-electron chi connectivity index (χ0n) is 9.36. The van der Waals surface area contributed by atoms with Gasteiger partial charge in [0.25, 0.3) is 0 Å². The van der Waals surface area contributed by atoms with Gasteiger partial charge in [-0.15, -0.1) is 0 Å². The Morgan fingerprint density at radius 2 is 2.33 bits per heavy atom. The Morgan fingerprint density at radius 1 is 1.53 bits per heavy atom. The molecule has 1 fully saturated rings. The SMILES string of the molecule is COc1cccc(CNCC2CC2C)n1. The van der Waals surface area contributed by atoms with Gasteiger partial charge in [-0.25, -0.2) is 4.98 Å². The van der Waals surface area contributed by atoms with E-state index in [2.05, 4.69) is 17.2 Å². The van der Waals surface area contributed by atoms with Gasteiger partial charge in [0.15, 0.2) is 0 Å². The van der Waals surface area contributed by atoms with E-state index in [1.807, 2.05) is 18.2 Å². The lowest BCUT2D eigenvalue weighted by Crippen LogP contribution is -2.17. The largest absolute Gasteiger partial charge is 0.481 e. The molecule has 82 valence electrons. The van der Waals surface area contributed by atoms with Crippen molar-refractivity contribution in [2.24, 2.45) is 11.8 Å². The average molecular weight is 206 g/mol. The zero-order valence-corrected chi connectivity index (χ0v) is 9.36. The van der Waals surface area contributed by atoms with Gasteiger partial charge in [-0.2, -0.15) is 0 Å². The molecule has 3 heteroatoms. The molecule has 1 aromatic rings. The van der Waals surface area contributed by atoms with E-state index in [0.717, 1.165) is 30.6 Å². The van der Waals surface area contributed by atoms with Crippen LogP contribution in [0.3, 0.4) is 0 Å². The molecule has 2 rings (SSSR count). The number of ether oxygens (including phenoxy) is 1. The molecule has 1 N–H and O–H groups in total. The van der Waals surface area contributed by atoms with E-state index in [4.69, 9.17) is 4.74 Å². The highest BCUT2D eigenvalue weighted by atomic mass is 16.5. The summed E-state index contributed by atoms with van der Waals surface area (Å²) >= 11 is 0. The van der Waals surface area contributed by atoms with Crippen LogP contribution in [0.15, 0.2) is 18.2 Å². The molecule has 1 heterocycles. The maximum Gasteiger partial charge on any atom is 0.213 e. The molecule has 0 bridgehead atoms. The van der Waals surface area contributed by atoms with E-state index in [0.29, 0.717) is 5.88 Å². The smallest absolute Gasteiger partial charge is 0.213 e. The van der Waals surface area contributed by atoms with Gasteiger partial charge in [-0.1, -0.05) is 13.0 Å². The number of nitrogens with one attached hydrogen (secondary N) is 1. The summed E-state index contributed by atoms with van der Waals surface area (Å²) in [6, 6.07) is 5.86. The maximum absolute atomic E-state index is 5.07. The van der Waals surface area contributed by atoms with Crippen molar-refractivity contribution in [3.8, 4) is 5.88 Å². The van der Waals surface area contributed by atoms with E-state index in [-0.39, 0.29) is 0 Å². The first-order valence-electron chi connectivity index (χ1n) is 5.50. The Kier molecular flexibility index (Phi) is 3.21. The highest BCUT2D eigenvalue weighted by Gasteiger charge is 2.31. The molecule has 1 aliphatic rings. The van der Waals surface area contributed by atoms with Crippen molar-refractivity contribution in [1.29, 1.82) is 0 Å². The zero-order chi connectivity index (χ0) is 10.7. The second-order valence-corrected chi connectivity index (χ2v) is 4.28. The Bertz CT molecular complexity index is 327. The number of hydrogen-bond donors (Lipinski definition) is 1. The third kappa shape index (κ3) is 2.93. The molecule has 2 unspecified atom stereocenters. The second-order valence-electron chi connectivity index (χ2n) is 4.28. The summed E-state index contributed by atoms with van der Waals surface area (Å²) in [6.07, 6.45) is 1.37. The standard InChI is InChI=1S/C12H18N2O/c1-9-6-10(9)7-13-8-11-4-3-5-12(14-11)15-2/h3-5,9-10,13H,6-8H2,1-2H3. The fourth-order valence-electron chi connectivity index (χ4n) is 1.74. The minimum atomic E-state index is 0.689. The molecule has 2 atom stereocenters. The van der Waals surface area contributed by atoms with Gasteiger partial charge in [0, 0.05) is 12.6 Å². The van der Waals surface area contributed by atoms with Gasteiger partial charge in [0.1, 0.15) is 0 Å². The van der Waals surface area contributed by atoms with Crippen LogP contribution in [0, 0.1) is 11.8 Å². The van der Waals surface area contributed by atoms with Crippen LogP contribution >= 0.6 is 0 Å². The first-order valence-corrected chi connectivity index (χ1v) is 5.50. The number of rotatable bonds is 5. The molecule has 15 heavy (non-hydrogen) atoms. The highest BCUT2D eigenvalue weighted by Crippen LogP contribution is 2.36. The predicted octanol–water partition coefficient (Wildman–Crippen LogP) is 1.84. The number of methoxy groups -OCH3 is 1. The van der Waals surface area contributed by atoms with Crippen LogP contribution in [0.4, 0.5) is 0 Å². The lowest BCUT2D eigenvalue weighted by Gasteiger charge is -2.04. The second kappa shape index (κ2) is 4.62. The topological polar surface area (TPSA) is 34.1 Å². The molecule has 0 saturated heterocycles. The van der Waals surface area contributed by atoms with E-state index in [1.165, 1.54) is 6.42 Å². The summed E-state index contributed by atoms with van der Waals surface area (Å²) in [7, 11) is 1.64. The van der Waals surface area contributed by atoms with Gasteiger partial charge in [-0.05, 0) is 30.9 Å². The fraction of sp³-hybridized carbons (Fsp3) is 0.583. The molecule has 0 spiro atoms. The van der Waals surface area contributed by atoms with Crippen LogP contribution < -0.4 is 10.1 Å². The monoisotopic (exact) mass is 206 g/mol. The predicted molar refractivity (Wildman–Crippen MR) is 59.8 cm³/mol. The van der Waals surface area contributed by atoms with E-state index in [9.17, 15) is 0 Å². The molecule has 0 aromatic carbocycles. The van der Waals surface area contributed by atoms with Gasteiger partial charge in [0.05, 0.1) is 12.8 Å². The Balaban J connectivity index is 1.77. The highest BCUT2D eigenvalue weighted by molar-refractivity contribution is 5.15. The molecule has 0 aliphatic heterocycles. The first-order chi connectivity index (χ1) is 7.29. The van der Waals surface area contributed by atoms with Crippen LogP contribution in [-0.4, -0.2) is 18.6 Å². The lowest BCUT2D eigenvalue weighted by atomic mass is 10.3. The lowest BCUT2D eigenvalue weighted by molar-refractivity contribution is 0.395. The van der Waals surface area contributed by atoms with Crippen molar-refractivity contribution in [3.05, 3.63) is 23.9 Å². The third-order valence-corrected chi connectivity index (χ3v) is 2.98. The Labute approximate surface area is 90.9 Å². The summed E-state index contributed by atoms with van der Waals surface area (Å²) in [5.41, 5.74) is 1.04. The van der Waals surface area contributed by atoms with E-state index < -0.39 is 0 Å². The molecule has 1 saturated carbocycles. The number of hydrogen-bond acceptors (Lipinski definition) is 3. The summed E-state index contributed by atoms with van der Waals surface area (Å²) in [5.74, 6) is 2.49. The van der Waals surface area contributed by atoms with Crippen molar-refractivity contribution in [2.75, 3.05) is 13.7 Å².